The third-order valence-electron chi connectivity index (χ3n) is 6.37. The van der Waals surface area contributed by atoms with Crippen molar-refractivity contribution in [3.63, 3.8) is 0 Å². The van der Waals surface area contributed by atoms with Crippen LogP contribution in [0.3, 0.4) is 0 Å². The second kappa shape index (κ2) is 7.09. The minimum absolute atomic E-state index is 0.151. The summed E-state index contributed by atoms with van der Waals surface area (Å²) in [6.45, 7) is 1.60. The molecule has 8 nitrogen and oxygen atoms in total. The summed E-state index contributed by atoms with van der Waals surface area (Å²) in [5, 5.41) is 0. The van der Waals surface area contributed by atoms with Crippen LogP contribution in [0.4, 0.5) is 5.69 Å². The van der Waals surface area contributed by atoms with Crippen LogP contribution >= 0.6 is 0 Å². The number of amides is 2. The average Bonchev–Trinajstić information content (AvgIpc) is 3.50. The third-order valence-corrected chi connectivity index (χ3v) is 6.37. The van der Waals surface area contributed by atoms with Gasteiger partial charge in [0.1, 0.15) is 5.52 Å². The lowest BCUT2D eigenvalue weighted by Crippen LogP contribution is -2.45. The number of fused-ring (bicyclic) bond motifs is 2. The Morgan fingerprint density at radius 2 is 1.77 bits per heavy atom. The van der Waals surface area contributed by atoms with Crippen LogP contribution < -0.4 is 14.4 Å². The van der Waals surface area contributed by atoms with Crippen molar-refractivity contribution in [1.82, 2.24) is 9.88 Å². The molecule has 0 aliphatic carbocycles. The lowest BCUT2D eigenvalue weighted by Gasteiger charge is -2.33. The van der Waals surface area contributed by atoms with E-state index in [1.807, 2.05) is 24.3 Å². The number of rotatable bonds is 3. The van der Waals surface area contributed by atoms with Crippen molar-refractivity contribution in [1.29, 1.82) is 0 Å². The number of hydrogen-bond donors (Lipinski definition) is 0. The zero-order valence-corrected chi connectivity index (χ0v) is 16.8. The molecule has 0 radical (unpaired) electrons. The number of ether oxygens (including phenoxy) is 2. The van der Waals surface area contributed by atoms with E-state index >= 15 is 0 Å². The molecule has 2 saturated heterocycles. The zero-order valence-electron chi connectivity index (χ0n) is 16.8. The fraction of sp³-hybridized carbons (Fsp3) is 0.348. The summed E-state index contributed by atoms with van der Waals surface area (Å²) in [5.41, 5.74) is 2.20. The van der Waals surface area contributed by atoms with Gasteiger partial charge in [0.25, 0.3) is 5.91 Å². The second-order valence-corrected chi connectivity index (χ2v) is 8.15. The quantitative estimate of drug-likeness (QED) is 0.603. The minimum atomic E-state index is -0.428. The van der Waals surface area contributed by atoms with Crippen LogP contribution in [0.25, 0.3) is 11.1 Å². The Morgan fingerprint density at radius 1 is 0.968 bits per heavy atom. The van der Waals surface area contributed by atoms with Crippen LogP contribution in [-0.2, 0) is 9.59 Å². The number of benzene rings is 2. The number of anilines is 1. The van der Waals surface area contributed by atoms with Gasteiger partial charge in [-0.1, -0.05) is 12.1 Å². The Bertz CT molecular complexity index is 1150. The van der Waals surface area contributed by atoms with Gasteiger partial charge >= 0.3 is 0 Å². The molecule has 1 atom stereocenters. The Morgan fingerprint density at radius 3 is 2.61 bits per heavy atom. The molecule has 6 rings (SSSR count). The molecule has 3 aromatic rings. The van der Waals surface area contributed by atoms with Crippen LogP contribution in [0.2, 0.25) is 0 Å². The van der Waals surface area contributed by atoms with E-state index in [-0.39, 0.29) is 30.9 Å². The Labute approximate surface area is 178 Å². The molecule has 0 unspecified atom stereocenters. The highest BCUT2D eigenvalue weighted by molar-refractivity contribution is 6.22. The summed E-state index contributed by atoms with van der Waals surface area (Å²) in [7, 11) is 0. The smallest absolute Gasteiger partial charge is 0.251 e. The molecule has 0 bridgehead atoms. The van der Waals surface area contributed by atoms with Gasteiger partial charge in [0.05, 0.1) is 18.2 Å². The molecule has 0 spiro atoms. The lowest BCUT2D eigenvalue weighted by atomic mass is 9.95. The van der Waals surface area contributed by atoms with Gasteiger partial charge in [0.15, 0.2) is 23.0 Å². The molecule has 2 aromatic carbocycles. The highest BCUT2D eigenvalue weighted by atomic mass is 16.7. The number of piperidine rings is 1. The summed E-state index contributed by atoms with van der Waals surface area (Å²) in [6.07, 6.45) is 1.88. The van der Waals surface area contributed by atoms with E-state index in [9.17, 15) is 9.59 Å². The number of carbonyl (C=O) groups is 2. The molecule has 31 heavy (non-hydrogen) atoms. The highest BCUT2D eigenvalue weighted by Crippen LogP contribution is 2.38. The van der Waals surface area contributed by atoms with Crippen LogP contribution in [0.5, 0.6) is 11.5 Å². The number of imide groups is 1. The third kappa shape index (κ3) is 3.06. The maximum absolute atomic E-state index is 13.1. The van der Waals surface area contributed by atoms with Crippen molar-refractivity contribution in [2.75, 3.05) is 24.8 Å². The molecule has 3 aliphatic rings. The van der Waals surface area contributed by atoms with Gasteiger partial charge in [-0.3, -0.25) is 14.5 Å². The fourth-order valence-electron chi connectivity index (χ4n) is 4.72. The molecule has 1 aromatic heterocycles. The van der Waals surface area contributed by atoms with Gasteiger partial charge in [-0.25, -0.2) is 9.88 Å². The monoisotopic (exact) mass is 419 g/mol. The highest BCUT2D eigenvalue weighted by Gasteiger charge is 2.44. The van der Waals surface area contributed by atoms with E-state index in [1.54, 1.807) is 18.2 Å². The summed E-state index contributed by atoms with van der Waals surface area (Å²) in [6, 6.07) is 12.5. The molecule has 2 fully saturated rings. The predicted octanol–water partition coefficient (Wildman–Crippen LogP) is 3.07. The standard InChI is InChI=1S/C23H21N3O5/c27-21-12-17(23(28)26(21)15-5-6-19-20(11-15)30-13-29-19)25-9-7-14(8-10-25)22-24-16-3-1-2-4-18(16)31-22/h1-6,11,14,17H,7-10,12-13H2/t17-/m1/s1. The topological polar surface area (TPSA) is 85.1 Å². The summed E-state index contributed by atoms with van der Waals surface area (Å²) in [4.78, 5) is 33.9. The van der Waals surface area contributed by atoms with Crippen LogP contribution in [0.15, 0.2) is 46.9 Å². The first-order valence-electron chi connectivity index (χ1n) is 10.5. The maximum atomic E-state index is 13.1. The van der Waals surface area contributed by atoms with E-state index in [0.717, 1.165) is 42.9 Å². The Kier molecular flexibility index (Phi) is 4.21. The minimum Gasteiger partial charge on any atom is -0.454 e. The van der Waals surface area contributed by atoms with Crippen LogP contribution in [0.1, 0.15) is 31.1 Å². The molecule has 0 saturated carbocycles. The first kappa shape index (κ1) is 18.4. The number of aromatic nitrogens is 1. The normalized spacial score (nSPS) is 22.1. The second-order valence-electron chi connectivity index (χ2n) is 8.15. The van der Waals surface area contributed by atoms with Gasteiger partial charge in [-0.2, -0.15) is 0 Å². The maximum Gasteiger partial charge on any atom is 0.251 e. The largest absolute Gasteiger partial charge is 0.454 e. The summed E-state index contributed by atoms with van der Waals surface area (Å²) >= 11 is 0. The Hall–Kier alpha value is -3.39. The summed E-state index contributed by atoms with van der Waals surface area (Å²) in [5.74, 6) is 1.80. The predicted molar refractivity (Wildman–Crippen MR) is 111 cm³/mol. The Balaban J connectivity index is 1.16. The van der Waals surface area contributed by atoms with Crippen molar-refractivity contribution < 1.29 is 23.5 Å². The van der Waals surface area contributed by atoms with Gasteiger partial charge in [0.2, 0.25) is 12.7 Å². The SMILES string of the molecule is O=C1C[C@@H](N2CCC(c3nc4ccccc4o3)CC2)C(=O)N1c1ccc2c(c1)OCO2. The van der Waals surface area contributed by atoms with Crippen molar-refractivity contribution in [3.8, 4) is 11.5 Å². The van der Waals surface area contributed by atoms with Crippen LogP contribution in [0, 0.1) is 0 Å². The van der Waals surface area contributed by atoms with Crippen molar-refractivity contribution >= 4 is 28.6 Å². The first-order valence-corrected chi connectivity index (χ1v) is 10.5. The number of hydrogen-bond acceptors (Lipinski definition) is 7. The molecule has 3 aliphatic heterocycles. The lowest BCUT2D eigenvalue weighted by molar-refractivity contribution is -0.123. The average molecular weight is 419 g/mol. The van der Waals surface area contributed by atoms with E-state index in [4.69, 9.17) is 13.9 Å². The molecule has 0 N–H and O–H groups in total. The van der Waals surface area contributed by atoms with Crippen molar-refractivity contribution in [2.45, 2.75) is 31.2 Å². The zero-order chi connectivity index (χ0) is 20.9. The van der Waals surface area contributed by atoms with E-state index in [0.29, 0.717) is 17.2 Å². The number of nitrogens with zero attached hydrogens (tertiary/aromatic N) is 3. The van der Waals surface area contributed by atoms with Crippen molar-refractivity contribution in [3.05, 3.63) is 48.4 Å². The summed E-state index contributed by atoms with van der Waals surface area (Å²) < 4.78 is 16.6. The fourth-order valence-corrected chi connectivity index (χ4v) is 4.72. The molecule has 4 heterocycles. The van der Waals surface area contributed by atoms with Crippen LogP contribution in [-0.4, -0.2) is 47.6 Å². The number of oxazole rings is 1. The van der Waals surface area contributed by atoms with Gasteiger partial charge < -0.3 is 13.9 Å². The molecule has 158 valence electrons. The van der Waals surface area contributed by atoms with E-state index < -0.39 is 6.04 Å². The molecule has 2 amide bonds. The van der Waals surface area contributed by atoms with Gasteiger partial charge in [-0.05, 0) is 50.2 Å². The first-order chi connectivity index (χ1) is 15.2. The van der Waals surface area contributed by atoms with E-state index in [1.165, 1.54) is 4.90 Å². The molecular formula is C23H21N3O5. The van der Waals surface area contributed by atoms with E-state index in [2.05, 4.69) is 9.88 Å². The number of carbonyl (C=O) groups excluding carboxylic acids is 2. The van der Waals surface area contributed by atoms with Gasteiger partial charge in [-0.15, -0.1) is 0 Å². The van der Waals surface area contributed by atoms with Crippen molar-refractivity contribution in [2.24, 2.45) is 0 Å². The molecule has 8 heteroatoms. The number of likely N-dealkylation sites (tertiary alicyclic amines) is 1. The van der Waals surface area contributed by atoms with Gasteiger partial charge in [0, 0.05) is 12.0 Å². The number of para-hydroxylation sites is 2. The molecular weight excluding hydrogens is 398 g/mol.